The number of nitrogens with zero attached hydrogens (tertiary/aromatic N) is 1. The number of amides is 1. The van der Waals surface area contributed by atoms with E-state index in [1.165, 1.54) is 23.8 Å². The summed E-state index contributed by atoms with van der Waals surface area (Å²) in [5.41, 5.74) is 3.76. The summed E-state index contributed by atoms with van der Waals surface area (Å²) in [5, 5.41) is 13.3. The number of rotatable bonds is 4. The molecule has 1 N–H and O–H groups in total. The Labute approximate surface area is 128 Å². The van der Waals surface area contributed by atoms with Crippen LogP contribution in [-0.2, 0) is 4.79 Å². The summed E-state index contributed by atoms with van der Waals surface area (Å²) < 4.78 is 0. The molecule has 5 heteroatoms. The van der Waals surface area contributed by atoms with Crippen molar-refractivity contribution in [3.05, 3.63) is 75.3 Å². The van der Waals surface area contributed by atoms with E-state index in [0.29, 0.717) is 0 Å². The monoisotopic (exact) mass is 296 g/mol. The first-order chi connectivity index (χ1) is 10.5. The zero-order valence-electron chi connectivity index (χ0n) is 12.4. The van der Waals surface area contributed by atoms with E-state index < -0.39 is 4.92 Å². The van der Waals surface area contributed by atoms with Gasteiger partial charge in [0.2, 0.25) is 5.91 Å². The second kappa shape index (κ2) is 6.67. The number of aryl methyl sites for hydroxylation is 2. The molecule has 5 nitrogen and oxygen atoms in total. The zero-order valence-corrected chi connectivity index (χ0v) is 12.4. The van der Waals surface area contributed by atoms with Gasteiger partial charge in [-0.25, -0.2) is 0 Å². The van der Waals surface area contributed by atoms with Gasteiger partial charge in [-0.3, -0.25) is 14.9 Å². The molecule has 112 valence electrons. The van der Waals surface area contributed by atoms with E-state index in [2.05, 4.69) is 5.32 Å². The van der Waals surface area contributed by atoms with Crippen LogP contribution < -0.4 is 5.32 Å². The maximum absolute atomic E-state index is 11.9. The third-order valence-corrected chi connectivity index (χ3v) is 3.31. The number of nitro groups is 1. The van der Waals surface area contributed by atoms with Crippen LogP contribution in [0.5, 0.6) is 0 Å². The van der Waals surface area contributed by atoms with Crippen molar-refractivity contribution in [1.82, 2.24) is 0 Å². The topological polar surface area (TPSA) is 72.2 Å². The van der Waals surface area contributed by atoms with Gasteiger partial charge < -0.3 is 5.32 Å². The molecule has 0 radical (unpaired) electrons. The van der Waals surface area contributed by atoms with Crippen LogP contribution in [0.1, 0.15) is 16.7 Å². The molecule has 0 aliphatic rings. The second-order valence-electron chi connectivity index (χ2n) is 4.97. The fraction of sp³-hybridized carbons (Fsp3) is 0.118. The molecule has 0 atom stereocenters. The van der Waals surface area contributed by atoms with E-state index in [0.717, 1.165) is 16.8 Å². The van der Waals surface area contributed by atoms with Gasteiger partial charge in [0.1, 0.15) is 0 Å². The Hall–Kier alpha value is -2.95. The van der Waals surface area contributed by atoms with E-state index in [9.17, 15) is 14.9 Å². The van der Waals surface area contributed by atoms with Gasteiger partial charge in [-0.1, -0.05) is 6.07 Å². The minimum Gasteiger partial charge on any atom is -0.323 e. The summed E-state index contributed by atoms with van der Waals surface area (Å²) in [7, 11) is 0. The number of nitrogens with one attached hydrogen (secondary N) is 1. The third-order valence-electron chi connectivity index (χ3n) is 3.31. The Morgan fingerprint density at radius 3 is 2.36 bits per heavy atom. The van der Waals surface area contributed by atoms with Crippen LogP contribution in [0.4, 0.5) is 11.4 Å². The minimum atomic E-state index is -0.458. The van der Waals surface area contributed by atoms with Crippen molar-refractivity contribution in [2.75, 3.05) is 5.32 Å². The summed E-state index contributed by atoms with van der Waals surface area (Å²) >= 11 is 0. The Bertz CT molecular complexity index is 734. The third kappa shape index (κ3) is 4.02. The van der Waals surface area contributed by atoms with Crippen molar-refractivity contribution in [3.63, 3.8) is 0 Å². The van der Waals surface area contributed by atoms with E-state index in [1.807, 2.05) is 32.0 Å². The number of non-ortho nitro benzene ring substituents is 1. The first kappa shape index (κ1) is 15.4. The van der Waals surface area contributed by atoms with Crippen molar-refractivity contribution < 1.29 is 9.72 Å². The highest BCUT2D eigenvalue weighted by molar-refractivity contribution is 6.02. The van der Waals surface area contributed by atoms with Gasteiger partial charge in [0.25, 0.3) is 5.69 Å². The van der Waals surface area contributed by atoms with Crippen LogP contribution in [0, 0.1) is 24.0 Å². The Morgan fingerprint density at radius 2 is 1.77 bits per heavy atom. The number of hydrogen-bond acceptors (Lipinski definition) is 3. The molecule has 2 aromatic carbocycles. The van der Waals surface area contributed by atoms with Crippen molar-refractivity contribution >= 4 is 23.4 Å². The molecule has 0 aliphatic heterocycles. The van der Waals surface area contributed by atoms with E-state index >= 15 is 0 Å². The van der Waals surface area contributed by atoms with Gasteiger partial charge in [0, 0.05) is 23.9 Å². The smallest absolute Gasteiger partial charge is 0.269 e. The van der Waals surface area contributed by atoms with Crippen molar-refractivity contribution in [2.45, 2.75) is 13.8 Å². The molecule has 0 saturated carbocycles. The Kier molecular flexibility index (Phi) is 4.68. The van der Waals surface area contributed by atoms with E-state index in [4.69, 9.17) is 0 Å². The summed E-state index contributed by atoms with van der Waals surface area (Å²) in [4.78, 5) is 21.9. The number of nitro benzene ring substituents is 1. The SMILES string of the molecule is Cc1ccc(NC(=O)/C=C/c2ccc([N+](=O)[O-])cc2)cc1C. The van der Waals surface area contributed by atoms with Crippen LogP contribution in [0.15, 0.2) is 48.5 Å². The highest BCUT2D eigenvalue weighted by Crippen LogP contribution is 2.15. The maximum Gasteiger partial charge on any atom is 0.269 e. The predicted molar refractivity (Wildman–Crippen MR) is 86.7 cm³/mol. The molecule has 0 unspecified atom stereocenters. The predicted octanol–water partition coefficient (Wildman–Crippen LogP) is 3.86. The molecule has 0 saturated heterocycles. The number of anilines is 1. The van der Waals surface area contributed by atoms with E-state index in [-0.39, 0.29) is 11.6 Å². The van der Waals surface area contributed by atoms with Crippen LogP contribution >= 0.6 is 0 Å². The number of carbonyl (C=O) groups is 1. The van der Waals surface area contributed by atoms with Gasteiger partial charge in [-0.05, 0) is 60.9 Å². The molecule has 1 amide bonds. The number of carbonyl (C=O) groups excluding carboxylic acids is 1. The Morgan fingerprint density at radius 1 is 1.09 bits per heavy atom. The molecule has 0 bridgehead atoms. The molecule has 22 heavy (non-hydrogen) atoms. The fourth-order valence-corrected chi connectivity index (χ4v) is 1.88. The quantitative estimate of drug-likeness (QED) is 0.529. The summed E-state index contributed by atoms with van der Waals surface area (Å²) in [6.45, 7) is 3.99. The molecule has 0 spiro atoms. The maximum atomic E-state index is 11.9. The van der Waals surface area contributed by atoms with Gasteiger partial charge in [-0.2, -0.15) is 0 Å². The normalized spacial score (nSPS) is 10.6. The first-order valence-corrected chi connectivity index (χ1v) is 6.76. The Balaban J connectivity index is 2.01. The number of benzene rings is 2. The minimum absolute atomic E-state index is 0.0248. The zero-order chi connectivity index (χ0) is 16.1. The summed E-state index contributed by atoms with van der Waals surface area (Å²) in [6, 6.07) is 11.7. The lowest BCUT2D eigenvalue weighted by atomic mass is 10.1. The molecule has 0 heterocycles. The van der Waals surface area contributed by atoms with Crippen LogP contribution in [0.25, 0.3) is 6.08 Å². The lowest BCUT2D eigenvalue weighted by Gasteiger charge is -2.05. The summed E-state index contributed by atoms with van der Waals surface area (Å²) in [6.07, 6.45) is 3.01. The average Bonchev–Trinajstić information content (AvgIpc) is 2.49. The molecule has 2 aromatic rings. The van der Waals surface area contributed by atoms with Crippen molar-refractivity contribution in [3.8, 4) is 0 Å². The largest absolute Gasteiger partial charge is 0.323 e. The molecule has 0 aromatic heterocycles. The summed E-state index contributed by atoms with van der Waals surface area (Å²) in [5.74, 6) is -0.249. The molecule has 2 rings (SSSR count). The van der Waals surface area contributed by atoms with Crippen LogP contribution in [0.2, 0.25) is 0 Å². The standard InChI is InChI=1S/C17H16N2O3/c1-12-3-7-15(11-13(12)2)18-17(20)10-6-14-4-8-16(9-5-14)19(21)22/h3-11H,1-2H3,(H,18,20)/b10-6+. The van der Waals surface area contributed by atoms with Gasteiger partial charge >= 0.3 is 0 Å². The molecule has 0 aliphatic carbocycles. The molecular weight excluding hydrogens is 280 g/mol. The van der Waals surface area contributed by atoms with Gasteiger partial charge in [0.05, 0.1) is 4.92 Å². The highest BCUT2D eigenvalue weighted by atomic mass is 16.6. The van der Waals surface area contributed by atoms with Crippen LogP contribution in [-0.4, -0.2) is 10.8 Å². The lowest BCUT2D eigenvalue weighted by Crippen LogP contribution is -2.07. The first-order valence-electron chi connectivity index (χ1n) is 6.76. The average molecular weight is 296 g/mol. The molecular formula is C17H16N2O3. The molecule has 0 fully saturated rings. The second-order valence-corrected chi connectivity index (χ2v) is 4.97. The fourth-order valence-electron chi connectivity index (χ4n) is 1.88. The van der Waals surface area contributed by atoms with Crippen LogP contribution in [0.3, 0.4) is 0 Å². The highest BCUT2D eigenvalue weighted by Gasteiger charge is 2.03. The van der Waals surface area contributed by atoms with Gasteiger partial charge in [-0.15, -0.1) is 0 Å². The van der Waals surface area contributed by atoms with Crippen molar-refractivity contribution in [1.29, 1.82) is 0 Å². The van der Waals surface area contributed by atoms with Crippen molar-refractivity contribution in [2.24, 2.45) is 0 Å². The lowest BCUT2D eigenvalue weighted by molar-refractivity contribution is -0.384. The number of hydrogen-bond donors (Lipinski definition) is 1. The van der Waals surface area contributed by atoms with Gasteiger partial charge in [0.15, 0.2) is 0 Å². The van der Waals surface area contributed by atoms with E-state index in [1.54, 1.807) is 18.2 Å².